The van der Waals surface area contributed by atoms with Gasteiger partial charge >= 0.3 is 5.97 Å². The molecule has 1 atom stereocenters. The van der Waals surface area contributed by atoms with Crippen LogP contribution in [0.5, 0.6) is 0 Å². The fourth-order valence-electron chi connectivity index (χ4n) is 3.44. The van der Waals surface area contributed by atoms with Gasteiger partial charge in [0.15, 0.2) is 0 Å². The van der Waals surface area contributed by atoms with Crippen LogP contribution in [0.4, 0.5) is 0 Å². The monoisotopic (exact) mass is 285 g/mol. The third kappa shape index (κ3) is 2.03. The molecule has 2 fully saturated rings. The Morgan fingerprint density at radius 2 is 2.14 bits per heavy atom. The molecule has 1 saturated heterocycles. The van der Waals surface area contributed by atoms with Gasteiger partial charge in [0.25, 0.3) is 0 Å². The Bertz CT molecular complexity index is 718. The molecule has 1 N–H and O–H groups in total. The molecule has 1 aliphatic carbocycles. The molecule has 4 rings (SSSR count). The maximum atomic E-state index is 11.4. The summed E-state index contributed by atoms with van der Waals surface area (Å²) >= 11 is 0. The second-order valence-electron chi connectivity index (χ2n) is 6.30. The molecule has 1 aliphatic heterocycles. The van der Waals surface area contributed by atoms with Crippen molar-refractivity contribution >= 4 is 17.0 Å². The molecule has 1 aromatic heterocycles. The zero-order valence-electron chi connectivity index (χ0n) is 12.1. The highest BCUT2D eigenvalue weighted by atomic mass is 16.4. The summed E-state index contributed by atoms with van der Waals surface area (Å²) in [6.45, 7) is 2.11. The lowest BCUT2D eigenvalue weighted by Gasteiger charge is -2.16. The molecule has 1 aromatic carbocycles. The van der Waals surface area contributed by atoms with E-state index >= 15 is 0 Å². The third-order valence-electron chi connectivity index (χ3n) is 4.65. The third-order valence-corrected chi connectivity index (χ3v) is 4.65. The Morgan fingerprint density at radius 1 is 1.33 bits per heavy atom. The minimum absolute atomic E-state index is 0.319. The topological polar surface area (TPSA) is 58.4 Å². The van der Waals surface area contributed by atoms with Crippen molar-refractivity contribution in [1.82, 2.24) is 14.5 Å². The van der Waals surface area contributed by atoms with Crippen molar-refractivity contribution in [1.29, 1.82) is 0 Å². The smallest absolute Gasteiger partial charge is 0.337 e. The number of para-hydroxylation sites is 1. The van der Waals surface area contributed by atoms with Crippen molar-refractivity contribution in [2.24, 2.45) is 0 Å². The number of likely N-dealkylation sites (N-methyl/N-ethyl adjacent to an activating group) is 1. The van der Waals surface area contributed by atoms with Gasteiger partial charge in [0.2, 0.25) is 0 Å². The summed E-state index contributed by atoms with van der Waals surface area (Å²) in [5.41, 5.74) is 1.96. The number of carboxylic acids is 1. The van der Waals surface area contributed by atoms with Gasteiger partial charge in [0.05, 0.1) is 11.1 Å². The Morgan fingerprint density at radius 3 is 2.76 bits per heavy atom. The SMILES string of the molecule is CN1CCC(n2c(C3CC3)nc3c(C(=O)O)cccc32)C1. The van der Waals surface area contributed by atoms with Crippen molar-refractivity contribution < 1.29 is 9.90 Å². The van der Waals surface area contributed by atoms with Crippen LogP contribution < -0.4 is 0 Å². The number of nitrogens with zero attached hydrogens (tertiary/aromatic N) is 3. The highest BCUT2D eigenvalue weighted by Gasteiger charge is 2.34. The number of aromatic carboxylic acids is 1. The Kier molecular flexibility index (Phi) is 2.79. The summed E-state index contributed by atoms with van der Waals surface area (Å²) in [7, 11) is 2.14. The Labute approximate surface area is 123 Å². The van der Waals surface area contributed by atoms with E-state index in [1.165, 1.54) is 12.8 Å². The summed E-state index contributed by atoms with van der Waals surface area (Å²) < 4.78 is 2.32. The van der Waals surface area contributed by atoms with Crippen LogP contribution in [0.1, 0.15) is 47.4 Å². The molecule has 2 aromatic rings. The summed E-state index contributed by atoms with van der Waals surface area (Å²) in [6, 6.07) is 5.91. The van der Waals surface area contributed by atoms with Crippen LogP contribution in [0.2, 0.25) is 0 Å². The molecular weight excluding hydrogens is 266 g/mol. The maximum Gasteiger partial charge on any atom is 0.337 e. The first-order valence-electron chi connectivity index (χ1n) is 7.58. The standard InChI is InChI=1S/C16H19N3O2/c1-18-8-7-11(9-18)19-13-4-2-3-12(16(20)21)14(13)17-15(19)10-5-6-10/h2-4,10-11H,5-9H2,1H3,(H,20,21). The van der Waals surface area contributed by atoms with E-state index in [1.807, 2.05) is 12.1 Å². The zero-order valence-corrected chi connectivity index (χ0v) is 12.1. The Hall–Kier alpha value is -1.88. The number of rotatable bonds is 3. The van der Waals surface area contributed by atoms with Gasteiger partial charge in [-0.3, -0.25) is 0 Å². The van der Waals surface area contributed by atoms with Crippen LogP contribution in [-0.2, 0) is 0 Å². The number of hydrogen-bond donors (Lipinski definition) is 1. The Balaban J connectivity index is 1.92. The average Bonchev–Trinajstić information content (AvgIpc) is 3.10. The fraction of sp³-hybridized carbons (Fsp3) is 0.500. The molecule has 0 bridgehead atoms. The number of carboxylic acid groups (broad SMARTS) is 1. The second-order valence-corrected chi connectivity index (χ2v) is 6.30. The molecule has 1 saturated carbocycles. The minimum atomic E-state index is -0.892. The number of fused-ring (bicyclic) bond motifs is 1. The molecule has 1 unspecified atom stereocenters. The van der Waals surface area contributed by atoms with Crippen LogP contribution in [0, 0.1) is 0 Å². The van der Waals surface area contributed by atoms with Crippen molar-refractivity contribution in [3.63, 3.8) is 0 Å². The number of imidazole rings is 1. The average molecular weight is 285 g/mol. The lowest BCUT2D eigenvalue weighted by atomic mass is 10.1. The molecule has 5 heteroatoms. The quantitative estimate of drug-likeness (QED) is 0.941. The largest absolute Gasteiger partial charge is 0.478 e. The molecule has 110 valence electrons. The number of hydrogen-bond acceptors (Lipinski definition) is 3. The maximum absolute atomic E-state index is 11.4. The summed E-state index contributed by atoms with van der Waals surface area (Å²) in [5, 5.41) is 9.39. The summed E-state index contributed by atoms with van der Waals surface area (Å²) in [5.74, 6) is 0.722. The number of likely N-dealkylation sites (tertiary alicyclic amines) is 1. The molecule has 5 nitrogen and oxygen atoms in total. The summed E-state index contributed by atoms with van der Waals surface area (Å²) in [6.07, 6.45) is 3.46. The predicted molar refractivity (Wildman–Crippen MR) is 79.8 cm³/mol. The van der Waals surface area contributed by atoms with Gasteiger partial charge < -0.3 is 14.6 Å². The van der Waals surface area contributed by atoms with E-state index in [9.17, 15) is 9.90 Å². The molecule has 0 spiro atoms. The van der Waals surface area contributed by atoms with Crippen molar-refractivity contribution in [2.75, 3.05) is 20.1 Å². The molecule has 0 amide bonds. The second kappa shape index (κ2) is 4.56. The molecule has 21 heavy (non-hydrogen) atoms. The van der Waals surface area contributed by atoms with Gasteiger partial charge in [-0.2, -0.15) is 0 Å². The van der Waals surface area contributed by atoms with E-state index in [1.54, 1.807) is 6.07 Å². The van der Waals surface area contributed by atoms with Crippen LogP contribution in [0.3, 0.4) is 0 Å². The molecule has 2 heterocycles. The van der Waals surface area contributed by atoms with Crippen molar-refractivity contribution in [3.8, 4) is 0 Å². The van der Waals surface area contributed by atoms with E-state index in [2.05, 4.69) is 16.5 Å². The first kappa shape index (κ1) is 12.8. The van der Waals surface area contributed by atoms with Gasteiger partial charge in [-0.25, -0.2) is 9.78 Å². The zero-order chi connectivity index (χ0) is 14.6. The molecular formula is C16H19N3O2. The minimum Gasteiger partial charge on any atom is -0.478 e. The van der Waals surface area contributed by atoms with E-state index in [0.29, 0.717) is 23.0 Å². The predicted octanol–water partition coefficient (Wildman–Crippen LogP) is 2.49. The van der Waals surface area contributed by atoms with Crippen molar-refractivity contribution in [2.45, 2.75) is 31.2 Å². The van der Waals surface area contributed by atoms with Gasteiger partial charge in [-0.1, -0.05) is 6.07 Å². The van der Waals surface area contributed by atoms with E-state index in [0.717, 1.165) is 30.9 Å². The lowest BCUT2D eigenvalue weighted by Crippen LogP contribution is -2.17. The van der Waals surface area contributed by atoms with Crippen LogP contribution in [-0.4, -0.2) is 45.7 Å². The van der Waals surface area contributed by atoms with Crippen LogP contribution >= 0.6 is 0 Å². The number of aromatic nitrogens is 2. The normalized spacial score (nSPS) is 23.0. The first-order valence-corrected chi connectivity index (χ1v) is 7.58. The van der Waals surface area contributed by atoms with Gasteiger partial charge in [-0.05, 0) is 45.0 Å². The lowest BCUT2D eigenvalue weighted by molar-refractivity contribution is 0.0699. The van der Waals surface area contributed by atoms with Gasteiger partial charge in [-0.15, -0.1) is 0 Å². The number of carbonyl (C=O) groups is 1. The molecule has 0 radical (unpaired) electrons. The number of benzene rings is 1. The van der Waals surface area contributed by atoms with Gasteiger partial charge in [0.1, 0.15) is 11.3 Å². The highest BCUT2D eigenvalue weighted by Crippen LogP contribution is 2.43. The summed E-state index contributed by atoms with van der Waals surface area (Å²) in [4.78, 5) is 18.5. The van der Waals surface area contributed by atoms with Crippen LogP contribution in [0.15, 0.2) is 18.2 Å². The first-order chi connectivity index (χ1) is 10.1. The fourth-order valence-corrected chi connectivity index (χ4v) is 3.44. The van der Waals surface area contributed by atoms with Gasteiger partial charge in [0, 0.05) is 18.5 Å². The van der Waals surface area contributed by atoms with E-state index in [4.69, 9.17) is 4.98 Å². The highest BCUT2D eigenvalue weighted by molar-refractivity contribution is 6.01. The van der Waals surface area contributed by atoms with E-state index in [-0.39, 0.29) is 0 Å². The molecule has 2 aliphatic rings. The van der Waals surface area contributed by atoms with E-state index < -0.39 is 5.97 Å². The van der Waals surface area contributed by atoms with Crippen molar-refractivity contribution in [3.05, 3.63) is 29.6 Å². The van der Waals surface area contributed by atoms with Crippen LogP contribution in [0.25, 0.3) is 11.0 Å².